The van der Waals surface area contributed by atoms with Crippen LogP contribution in [0, 0.1) is 13.8 Å². The first-order chi connectivity index (χ1) is 14.2. The fourth-order valence-corrected chi connectivity index (χ4v) is 3.58. The first-order valence-electron chi connectivity index (χ1n) is 9.58. The molecule has 30 heavy (non-hydrogen) atoms. The molecule has 156 valence electrons. The number of nitrogens with zero attached hydrogens (tertiary/aromatic N) is 2. The topological polar surface area (TPSA) is 59.0 Å². The van der Waals surface area contributed by atoms with Crippen LogP contribution in [0.25, 0.3) is 0 Å². The Labute approximate surface area is 171 Å². The van der Waals surface area contributed by atoms with Crippen LogP contribution >= 0.6 is 0 Å². The van der Waals surface area contributed by atoms with E-state index in [1.165, 1.54) is 6.20 Å². The molecular formula is C22H21F3N4O. The van der Waals surface area contributed by atoms with Crippen molar-refractivity contribution in [3.63, 3.8) is 0 Å². The third-order valence-electron chi connectivity index (χ3n) is 5.27. The number of rotatable bonds is 3. The number of hydrogen-bond acceptors (Lipinski definition) is 3. The van der Waals surface area contributed by atoms with Gasteiger partial charge in [0.2, 0.25) is 0 Å². The van der Waals surface area contributed by atoms with Crippen LogP contribution in [0.4, 0.5) is 24.7 Å². The van der Waals surface area contributed by atoms with Crippen molar-refractivity contribution in [1.29, 1.82) is 0 Å². The summed E-state index contributed by atoms with van der Waals surface area (Å²) in [6.07, 6.45) is -3.51. The number of hydrogen-bond donors (Lipinski definition) is 2. The summed E-state index contributed by atoms with van der Waals surface area (Å²) in [6, 6.07) is 12.1. The summed E-state index contributed by atoms with van der Waals surface area (Å²) < 4.78 is 42.2. The molecule has 2 heterocycles. The standard InChI is InChI=1S/C22H21F3N4O/c1-13-3-7-15(8-4-13)18-11-19(22(23,24)25)29-20(28-18)17(12-26-29)21(30)27-16-9-5-14(2)6-10-16/h3-10,12,18-19,28H,11H2,1-2H3,(H,27,30)/t18-,19-/m0/s1. The molecule has 1 aromatic heterocycles. The molecule has 0 unspecified atom stereocenters. The lowest BCUT2D eigenvalue weighted by atomic mass is 9.96. The Morgan fingerprint density at radius 1 is 1.07 bits per heavy atom. The molecule has 3 aromatic rings. The molecule has 1 amide bonds. The van der Waals surface area contributed by atoms with Crippen LogP contribution < -0.4 is 10.6 Å². The van der Waals surface area contributed by atoms with Crippen LogP contribution in [0.1, 0.15) is 45.6 Å². The number of aryl methyl sites for hydroxylation is 2. The minimum absolute atomic E-state index is 0.0683. The van der Waals surface area contributed by atoms with Crippen molar-refractivity contribution < 1.29 is 18.0 Å². The highest BCUT2D eigenvalue weighted by molar-refractivity contribution is 6.07. The van der Waals surface area contributed by atoms with E-state index in [1.807, 2.05) is 38.1 Å². The maximum atomic E-state index is 13.8. The maximum absolute atomic E-state index is 13.8. The molecule has 2 aromatic carbocycles. The van der Waals surface area contributed by atoms with Gasteiger partial charge in [-0.15, -0.1) is 0 Å². The van der Waals surface area contributed by atoms with E-state index in [1.54, 1.807) is 24.3 Å². The second-order valence-corrected chi connectivity index (χ2v) is 7.57. The average molecular weight is 414 g/mol. The van der Waals surface area contributed by atoms with Gasteiger partial charge in [-0.1, -0.05) is 47.5 Å². The van der Waals surface area contributed by atoms with E-state index in [2.05, 4.69) is 15.7 Å². The summed E-state index contributed by atoms with van der Waals surface area (Å²) in [4.78, 5) is 12.8. The number of fused-ring (bicyclic) bond motifs is 1. The van der Waals surface area contributed by atoms with Gasteiger partial charge < -0.3 is 10.6 Å². The van der Waals surface area contributed by atoms with Gasteiger partial charge >= 0.3 is 6.18 Å². The fraction of sp³-hybridized carbons (Fsp3) is 0.273. The van der Waals surface area contributed by atoms with Gasteiger partial charge in [-0.25, -0.2) is 4.68 Å². The minimum atomic E-state index is -4.49. The van der Waals surface area contributed by atoms with E-state index < -0.39 is 24.2 Å². The van der Waals surface area contributed by atoms with Gasteiger partial charge in [0, 0.05) is 12.1 Å². The minimum Gasteiger partial charge on any atom is -0.363 e. The van der Waals surface area contributed by atoms with Crippen molar-refractivity contribution in [1.82, 2.24) is 9.78 Å². The molecular weight excluding hydrogens is 393 g/mol. The fourth-order valence-electron chi connectivity index (χ4n) is 3.58. The molecule has 0 saturated heterocycles. The van der Waals surface area contributed by atoms with Crippen molar-refractivity contribution in [2.75, 3.05) is 10.6 Å². The van der Waals surface area contributed by atoms with Gasteiger partial charge in [-0.05, 0) is 31.5 Å². The summed E-state index contributed by atoms with van der Waals surface area (Å²) >= 11 is 0. The van der Waals surface area contributed by atoms with Crippen molar-refractivity contribution in [3.8, 4) is 0 Å². The molecule has 8 heteroatoms. The van der Waals surface area contributed by atoms with E-state index >= 15 is 0 Å². The molecule has 4 rings (SSSR count). The molecule has 2 N–H and O–H groups in total. The van der Waals surface area contributed by atoms with Crippen molar-refractivity contribution in [2.45, 2.75) is 38.5 Å². The monoisotopic (exact) mass is 414 g/mol. The quantitative estimate of drug-likeness (QED) is 0.602. The summed E-state index contributed by atoms with van der Waals surface area (Å²) in [5.41, 5.74) is 3.41. The molecule has 0 saturated carbocycles. The van der Waals surface area contributed by atoms with E-state index in [0.29, 0.717) is 5.69 Å². The van der Waals surface area contributed by atoms with Crippen LogP contribution in [-0.4, -0.2) is 21.9 Å². The van der Waals surface area contributed by atoms with Gasteiger partial charge in [0.25, 0.3) is 5.91 Å². The Kier molecular flexibility index (Phi) is 5.01. The highest BCUT2D eigenvalue weighted by Gasteiger charge is 2.47. The van der Waals surface area contributed by atoms with E-state index in [9.17, 15) is 18.0 Å². The molecule has 0 radical (unpaired) electrons. The number of carbonyl (C=O) groups excluding carboxylic acids is 1. The van der Waals surface area contributed by atoms with Crippen LogP contribution in [0.5, 0.6) is 0 Å². The predicted molar refractivity (Wildman–Crippen MR) is 109 cm³/mol. The Bertz CT molecular complexity index is 1060. The maximum Gasteiger partial charge on any atom is 0.410 e. The normalized spacial score (nSPS) is 18.4. The smallest absolute Gasteiger partial charge is 0.363 e. The number of nitrogens with one attached hydrogen (secondary N) is 2. The zero-order valence-corrected chi connectivity index (χ0v) is 16.5. The van der Waals surface area contributed by atoms with E-state index in [4.69, 9.17) is 0 Å². The Balaban J connectivity index is 1.68. The zero-order chi connectivity index (χ0) is 21.5. The van der Waals surface area contributed by atoms with E-state index in [0.717, 1.165) is 21.4 Å². The lowest BCUT2D eigenvalue weighted by molar-refractivity contribution is -0.173. The Morgan fingerprint density at radius 2 is 1.67 bits per heavy atom. The third-order valence-corrected chi connectivity index (χ3v) is 5.27. The van der Waals surface area contributed by atoms with Crippen LogP contribution in [0.2, 0.25) is 0 Å². The van der Waals surface area contributed by atoms with Crippen molar-refractivity contribution in [2.24, 2.45) is 0 Å². The first kappa shape index (κ1) is 20.0. The van der Waals surface area contributed by atoms with Crippen LogP contribution in [0.15, 0.2) is 54.7 Å². The second kappa shape index (κ2) is 7.51. The van der Waals surface area contributed by atoms with Gasteiger partial charge in [0.15, 0.2) is 6.04 Å². The second-order valence-electron chi connectivity index (χ2n) is 7.57. The van der Waals surface area contributed by atoms with Gasteiger partial charge in [-0.2, -0.15) is 18.3 Å². The average Bonchev–Trinajstić information content (AvgIpc) is 3.13. The SMILES string of the molecule is Cc1ccc(NC(=O)c2cnn3c2N[C@H](c2ccc(C)cc2)C[C@H]3C(F)(F)F)cc1. The summed E-state index contributed by atoms with van der Waals surface area (Å²) in [5, 5.41) is 9.72. The summed E-state index contributed by atoms with van der Waals surface area (Å²) in [6.45, 7) is 3.84. The lowest BCUT2D eigenvalue weighted by Gasteiger charge is -2.34. The number of benzene rings is 2. The molecule has 1 aliphatic rings. The predicted octanol–water partition coefficient (Wildman–Crippen LogP) is 5.41. The number of alkyl halides is 3. The van der Waals surface area contributed by atoms with Gasteiger partial charge in [0.05, 0.1) is 12.2 Å². The lowest BCUT2D eigenvalue weighted by Crippen LogP contribution is -2.36. The number of aromatic nitrogens is 2. The number of amides is 1. The molecule has 0 spiro atoms. The molecule has 0 aliphatic carbocycles. The number of halogens is 3. The Hall–Kier alpha value is -3.29. The summed E-state index contributed by atoms with van der Waals surface area (Å²) in [7, 11) is 0. The molecule has 2 atom stereocenters. The highest BCUT2D eigenvalue weighted by Crippen LogP contribution is 2.44. The largest absolute Gasteiger partial charge is 0.410 e. The highest BCUT2D eigenvalue weighted by atomic mass is 19.4. The zero-order valence-electron chi connectivity index (χ0n) is 16.5. The van der Waals surface area contributed by atoms with Gasteiger partial charge in [0.1, 0.15) is 11.4 Å². The summed E-state index contributed by atoms with van der Waals surface area (Å²) in [5.74, 6) is -0.447. The van der Waals surface area contributed by atoms with Crippen LogP contribution in [0.3, 0.4) is 0 Å². The number of anilines is 2. The Morgan fingerprint density at radius 3 is 2.27 bits per heavy atom. The first-order valence-corrected chi connectivity index (χ1v) is 9.58. The van der Waals surface area contributed by atoms with Crippen molar-refractivity contribution in [3.05, 3.63) is 77.0 Å². The van der Waals surface area contributed by atoms with Crippen molar-refractivity contribution >= 4 is 17.4 Å². The molecule has 0 bridgehead atoms. The van der Waals surface area contributed by atoms with Crippen LogP contribution in [-0.2, 0) is 0 Å². The van der Waals surface area contributed by atoms with E-state index in [-0.39, 0.29) is 17.8 Å². The van der Waals surface area contributed by atoms with Gasteiger partial charge in [-0.3, -0.25) is 4.79 Å². The molecule has 1 aliphatic heterocycles. The third kappa shape index (κ3) is 3.90. The number of carbonyl (C=O) groups is 1. The molecule has 0 fully saturated rings. The molecule has 5 nitrogen and oxygen atoms in total.